The molecule has 0 unspecified atom stereocenters. The number of alkyl halides is 3. The molecule has 3 aromatic rings. The Kier molecular flexibility index (Phi) is 8.07. The molecule has 1 fully saturated rings. The van der Waals surface area contributed by atoms with Gasteiger partial charge >= 0.3 is 18.1 Å². The summed E-state index contributed by atoms with van der Waals surface area (Å²) < 4.78 is 48.7. The molecule has 1 saturated heterocycles. The first-order valence-electron chi connectivity index (χ1n) is 10.4. The van der Waals surface area contributed by atoms with E-state index in [0.717, 1.165) is 42.1 Å². The molecule has 2 aromatic carbocycles. The van der Waals surface area contributed by atoms with E-state index in [4.69, 9.17) is 29.1 Å². The lowest BCUT2D eigenvalue weighted by Gasteiger charge is -2.37. The van der Waals surface area contributed by atoms with Gasteiger partial charge in [0.15, 0.2) is 5.82 Å². The van der Waals surface area contributed by atoms with Gasteiger partial charge in [-0.2, -0.15) is 18.2 Å². The van der Waals surface area contributed by atoms with E-state index in [1.807, 2.05) is 24.3 Å². The van der Waals surface area contributed by atoms with Crippen LogP contribution < -0.4 is 4.74 Å². The van der Waals surface area contributed by atoms with Gasteiger partial charge in [-0.1, -0.05) is 35.5 Å². The molecule has 0 spiro atoms. The Hall–Kier alpha value is -3.93. The number of likely N-dealkylation sites (tertiary alicyclic amines) is 1. The summed E-state index contributed by atoms with van der Waals surface area (Å²) in [5.74, 6) is -1.53. The van der Waals surface area contributed by atoms with Crippen LogP contribution in [-0.2, 0) is 28.7 Å². The highest BCUT2D eigenvalue weighted by Gasteiger charge is 2.33. The van der Waals surface area contributed by atoms with Crippen molar-refractivity contribution in [2.75, 3.05) is 20.2 Å². The number of carbonyl (C=O) groups is 2. The van der Waals surface area contributed by atoms with E-state index in [1.165, 1.54) is 12.1 Å². The number of rotatable bonds is 6. The Bertz CT molecular complexity index is 1150. The zero-order valence-corrected chi connectivity index (χ0v) is 18.5. The fourth-order valence-electron chi connectivity index (χ4n) is 3.44. The van der Waals surface area contributed by atoms with E-state index in [-0.39, 0.29) is 5.92 Å². The van der Waals surface area contributed by atoms with Crippen molar-refractivity contribution < 1.29 is 42.2 Å². The lowest BCUT2D eigenvalue weighted by atomic mass is 9.99. The van der Waals surface area contributed by atoms with Gasteiger partial charge in [0.25, 0.3) is 0 Å². The monoisotopic (exact) mass is 493 g/mol. The molecule has 0 saturated carbocycles. The molecular formula is C23H22F3N3O6. The van der Waals surface area contributed by atoms with E-state index in [0.29, 0.717) is 24.7 Å². The molecule has 1 aromatic heterocycles. The molecule has 35 heavy (non-hydrogen) atoms. The number of hydrogen-bond donors (Lipinski definition) is 2. The van der Waals surface area contributed by atoms with Gasteiger partial charge in [0, 0.05) is 31.6 Å². The standard InChI is InChI=1S/C21H20F3N3O2.C2H2O4/c1-28-18-5-3-2-4-15(18)10-19-25-20(29-26-19)16-12-27(13-16)11-14-6-8-17(9-7-14)21(22,23)24;3-1(4)2(5)6/h2-9,16H,10-13H2,1H3;(H,3,4)(H,5,6). The van der Waals surface area contributed by atoms with Crippen LogP contribution in [0.3, 0.4) is 0 Å². The number of para-hydroxylation sites is 1. The number of ether oxygens (including phenoxy) is 1. The smallest absolute Gasteiger partial charge is 0.416 e. The quantitative estimate of drug-likeness (QED) is 0.497. The molecule has 1 aliphatic rings. The second kappa shape index (κ2) is 11.0. The zero-order chi connectivity index (χ0) is 25.6. The molecular weight excluding hydrogens is 471 g/mol. The highest BCUT2D eigenvalue weighted by Crippen LogP contribution is 2.31. The van der Waals surface area contributed by atoms with Crippen LogP contribution in [0.5, 0.6) is 5.75 Å². The van der Waals surface area contributed by atoms with Gasteiger partial charge < -0.3 is 19.5 Å². The van der Waals surface area contributed by atoms with Gasteiger partial charge in [-0.05, 0) is 23.8 Å². The van der Waals surface area contributed by atoms with Crippen molar-refractivity contribution in [3.05, 3.63) is 76.9 Å². The first-order chi connectivity index (χ1) is 16.6. The van der Waals surface area contributed by atoms with Gasteiger partial charge in [0.05, 0.1) is 18.6 Å². The van der Waals surface area contributed by atoms with Crippen molar-refractivity contribution in [3.63, 3.8) is 0 Å². The molecule has 2 heterocycles. The van der Waals surface area contributed by atoms with E-state index in [1.54, 1.807) is 7.11 Å². The Morgan fingerprint density at radius 1 is 1.09 bits per heavy atom. The summed E-state index contributed by atoms with van der Waals surface area (Å²) in [5.41, 5.74) is 1.20. The minimum Gasteiger partial charge on any atom is -0.496 e. The molecule has 186 valence electrons. The van der Waals surface area contributed by atoms with Crippen molar-refractivity contribution >= 4 is 11.9 Å². The summed E-state index contributed by atoms with van der Waals surface area (Å²) in [6.07, 6.45) is -3.78. The van der Waals surface area contributed by atoms with Crippen LogP contribution in [0, 0.1) is 0 Å². The number of methoxy groups -OCH3 is 1. The summed E-state index contributed by atoms with van der Waals surface area (Å²) in [6.45, 7) is 2.06. The third kappa shape index (κ3) is 7.03. The molecule has 2 N–H and O–H groups in total. The van der Waals surface area contributed by atoms with Crippen molar-refractivity contribution in [1.29, 1.82) is 0 Å². The van der Waals surface area contributed by atoms with Crippen LogP contribution in [0.15, 0.2) is 53.1 Å². The topological polar surface area (TPSA) is 126 Å². The van der Waals surface area contributed by atoms with Crippen LogP contribution >= 0.6 is 0 Å². The predicted molar refractivity (Wildman–Crippen MR) is 115 cm³/mol. The highest BCUT2D eigenvalue weighted by molar-refractivity contribution is 6.27. The SMILES string of the molecule is COc1ccccc1Cc1noc(C2CN(Cc3ccc(C(F)(F)F)cc3)C2)n1.O=C(O)C(=O)O. The van der Waals surface area contributed by atoms with Crippen molar-refractivity contribution in [3.8, 4) is 5.75 Å². The number of halogens is 3. The maximum atomic E-state index is 12.6. The second-order valence-corrected chi connectivity index (χ2v) is 7.73. The van der Waals surface area contributed by atoms with Crippen LogP contribution in [0.1, 0.15) is 34.3 Å². The lowest BCUT2D eigenvalue weighted by molar-refractivity contribution is -0.159. The fourth-order valence-corrected chi connectivity index (χ4v) is 3.44. The minimum absolute atomic E-state index is 0.142. The summed E-state index contributed by atoms with van der Waals surface area (Å²) in [5, 5.41) is 18.8. The predicted octanol–water partition coefficient (Wildman–Crippen LogP) is 3.44. The van der Waals surface area contributed by atoms with Crippen molar-refractivity contribution in [2.45, 2.75) is 25.1 Å². The van der Waals surface area contributed by atoms with Crippen LogP contribution in [0.4, 0.5) is 13.2 Å². The van der Waals surface area contributed by atoms with E-state index in [9.17, 15) is 13.2 Å². The third-order valence-corrected chi connectivity index (χ3v) is 5.20. The zero-order valence-electron chi connectivity index (χ0n) is 18.5. The molecule has 12 heteroatoms. The van der Waals surface area contributed by atoms with Gasteiger partial charge in [-0.3, -0.25) is 4.90 Å². The van der Waals surface area contributed by atoms with Crippen LogP contribution in [0.25, 0.3) is 0 Å². The van der Waals surface area contributed by atoms with Gasteiger partial charge in [0.1, 0.15) is 5.75 Å². The molecule has 0 bridgehead atoms. The van der Waals surface area contributed by atoms with Crippen molar-refractivity contribution in [2.24, 2.45) is 0 Å². The van der Waals surface area contributed by atoms with Gasteiger partial charge in [-0.15, -0.1) is 0 Å². The Labute approximate surface area is 197 Å². The summed E-state index contributed by atoms with van der Waals surface area (Å²) in [7, 11) is 1.63. The molecule has 0 amide bonds. The Morgan fingerprint density at radius 2 is 1.71 bits per heavy atom. The number of benzene rings is 2. The molecule has 9 nitrogen and oxygen atoms in total. The Balaban J connectivity index is 0.000000509. The van der Waals surface area contributed by atoms with Crippen LogP contribution in [-0.4, -0.2) is 57.4 Å². The minimum atomic E-state index is -4.31. The van der Waals surface area contributed by atoms with E-state index < -0.39 is 23.7 Å². The highest BCUT2D eigenvalue weighted by atomic mass is 19.4. The molecule has 0 atom stereocenters. The molecule has 4 rings (SSSR count). The number of carboxylic acid groups (broad SMARTS) is 2. The summed E-state index contributed by atoms with van der Waals surface area (Å²) >= 11 is 0. The molecule has 0 radical (unpaired) electrons. The molecule has 1 aliphatic heterocycles. The average Bonchev–Trinajstić information content (AvgIpc) is 3.24. The van der Waals surface area contributed by atoms with Gasteiger partial charge in [0.2, 0.25) is 5.89 Å². The number of aromatic nitrogens is 2. The second-order valence-electron chi connectivity index (χ2n) is 7.73. The number of carboxylic acids is 2. The Morgan fingerprint density at radius 3 is 2.29 bits per heavy atom. The van der Waals surface area contributed by atoms with E-state index >= 15 is 0 Å². The first-order valence-corrected chi connectivity index (χ1v) is 10.4. The van der Waals surface area contributed by atoms with Crippen molar-refractivity contribution in [1.82, 2.24) is 15.0 Å². The lowest BCUT2D eigenvalue weighted by Crippen LogP contribution is -2.44. The van der Waals surface area contributed by atoms with E-state index in [2.05, 4.69) is 15.0 Å². The first kappa shape index (κ1) is 25.7. The van der Waals surface area contributed by atoms with Crippen LogP contribution in [0.2, 0.25) is 0 Å². The fraction of sp³-hybridized carbons (Fsp3) is 0.304. The number of nitrogens with zero attached hydrogens (tertiary/aromatic N) is 3. The molecule has 0 aliphatic carbocycles. The maximum absolute atomic E-state index is 12.6. The summed E-state index contributed by atoms with van der Waals surface area (Å²) in [4.78, 5) is 24.8. The normalized spacial score (nSPS) is 13.9. The maximum Gasteiger partial charge on any atom is 0.416 e. The largest absolute Gasteiger partial charge is 0.496 e. The third-order valence-electron chi connectivity index (χ3n) is 5.20. The number of aliphatic carboxylic acids is 2. The summed E-state index contributed by atoms with van der Waals surface area (Å²) in [6, 6.07) is 13.0. The van der Waals surface area contributed by atoms with Gasteiger partial charge in [-0.25, -0.2) is 9.59 Å². The average molecular weight is 493 g/mol. The number of hydrogen-bond acceptors (Lipinski definition) is 7.